The summed E-state index contributed by atoms with van der Waals surface area (Å²) in [5, 5.41) is 0. The van der Waals surface area contributed by atoms with Crippen molar-refractivity contribution < 1.29 is 27.1 Å². The summed E-state index contributed by atoms with van der Waals surface area (Å²) in [7, 11) is -2.58. The zero-order valence-corrected chi connectivity index (χ0v) is 17.1. The van der Waals surface area contributed by atoms with Crippen LogP contribution in [0.15, 0.2) is 47.4 Å². The Labute approximate surface area is 169 Å². The van der Waals surface area contributed by atoms with Crippen molar-refractivity contribution in [3.8, 4) is 11.5 Å². The monoisotopic (exact) mass is 422 g/mol. The number of halogens is 1. The summed E-state index contributed by atoms with van der Waals surface area (Å²) in [6.45, 7) is 2.67. The van der Waals surface area contributed by atoms with Crippen molar-refractivity contribution in [3.05, 3.63) is 48.3 Å². The first-order valence-corrected chi connectivity index (χ1v) is 10.7. The minimum absolute atomic E-state index is 0.0156. The summed E-state index contributed by atoms with van der Waals surface area (Å²) in [6.07, 6.45) is 0.710. The minimum Gasteiger partial charge on any atom is -0.490 e. The lowest BCUT2D eigenvalue weighted by Gasteiger charge is -2.24. The summed E-state index contributed by atoms with van der Waals surface area (Å²) in [5.41, 5.74) is 0.500. The fourth-order valence-corrected chi connectivity index (χ4v) is 4.11. The highest BCUT2D eigenvalue weighted by atomic mass is 32.2. The molecular formula is C20H23FN2O5S. The summed E-state index contributed by atoms with van der Waals surface area (Å²) in [5.74, 6) is 0.0318. The smallest absolute Gasteiger partial charge is 0.243 e. The molecule has 7 nitrogen and oxygen atoms in total. The van der Waals surface area contributed by atoms with Crippen molar-refractivity contribution in [2.75, 3.05) is 38.3 Å². The average Bonchev–Trinajstić information content (AvgIpc) is 2.94. The summed E-state index contributed by atoms with van der Waals surface area (Å²) < 4.78 is 51.1. The van der Waals surface area contributed by atoms with Crippen LogP contribution in [0.2, 0.25) is 0 Å². The standard InChI is InChI=1S/C20H23FN2O5S/c1-3-23(16-7-5-15(21)6-8-16)20(24)14-22(2)29(25,26)17-9-10-18-19(13-17)28-12-4-11-27-18/h5-10,13H,3-4,11-12,14H2,1-2H3. The van der Waals surface area contributed by atoms with E-state index in [0.29, 0.717) is 43.4 Å². The molecule has 1 aliphatic rings. The zero-order valence-electron chi connectivity index (χ0n) is 16.3. The molecule has 0 fully saturated rings. The Bertz CT molecular complexity index is 979. The first-order valence-electron chi connectivity index (χ1n) is 9.25. The van der Waals surface area contributed by atoms with E-state index in [1.807, 2.05) is 0 Å². The molecule has 1 aliphatic heterocycles. The second kappa shape index (κ2) is 8.79. The number of hydrogen-bond acceptors (Lipinski definition) is 5. The van der Waals surface area contributed by atoms with Gasteiger partial charge < -0.3 is 14.4 Å². The molecule has 0 unspecified atom stereocenters. The molecule has 0 aromatic heterocycles. The molecule has 0 atom stereocenters. The minimum atomic E-state index is -3.92. The van der Waals surface area contributed by atoms with E-state index in [1.54, 1.807) is 13.0 Å². The van der Waals surface area contributed by atoms with Crippen LogP contribution in [0.4, 0.5) is 10.1 Å². The van der Waals surface area contributed by atoms with Crippen LogP contribution in [-0.4, -0.2) is 52.0 Å². The van der Waals surface area contributed by atoms with Gasteiger partial charge in [-0.2, -0.15) is 4.31 Å². The van der Waals surface area contributed by atoms with E-state index < -0.39 is 21.7 Å². The number of fused-ring (bicyclic) bond motifs is 1. The van der Waals surface area contributed by atoms with E-state index in [2.05, 4.69) is 0 Å². The van der Waals surface area contributed by atoms with Gasteiger partial charge >= 0.3 is 0 Å². The van der Waals surface area contributed by atoms with Crippen molar-refractivity contribution in [2.45, 2.75) is 18.2 Å². The average molecular weight is 422 g/mol. The first-order chi connectivity index (χ1) is 13.8. The van der Waals surface area contributed by atoms with Crippen LogP contribution >= 0.6 is 0 Å². The van der Waals surface area contributed by atoms with Gasteiger partial charge in [-0.25, -0.2) is 12.8 Å². The number of carbonyl (C=O) groups excluding carboxylic acids is 1. The Morgan fingerprint density at radius 2 is 1.72 bits per heavy atom. The maximum Gasteiger partial charge on any atom is 0.243 e. The molecule has 0 spiro atoms. The van der Waals surface area contributed by atoms with Gasteiger partial charge in [0.05, 0.1) is 24.7 Å². The Morgan fingerprint density at radius 3 is 2.38 bits per heavy atom. The van der Waals surface area contributed by atoms with Crippen molar-refractivity contribution in [1.82, 2.24) is 4.31 Å². The predicted octanol–water partition coefficient (Wildman–Crippen LogP) is 2.66. The second-order valence-corrected chi connectivity index (χ2v) is 8.58. The quantitative estimate of drug-likeness (QED) is 0.715. The van der Waals surface area contributed by atoms with Gasteiger partial charge in [0, 0.05) is 31.8 Å². The highest BCUT2D eigenvalue weighted by Crippen LogP contribution is 2.32. The lowest BCUT2D eigenvalue weighted by Crippen LogP contribution is -2.41. The molecule has 9 heteroatoms. The molecule has 2 aromatic carbocycles. The maximum atomic E-state index is 13.1. The van der Waals surface area contributed by atoms with Crippen molar-refractivity contribution in [3.63, 3.8) is 0 Å². The van der Waals surface area contributed by atoms with Crippen molar-refractivity contribution in [1.29, 1.82) is 0 Å². The van der Waals surface area contributed by atoms with Gasteiger partial charge in [-0.3, -0.25) is 4.79 Å². The SMILES string of the molecule is CCN(C(=O)CN(C)S(=O)(=O)c1ccc2c(c1)OCCCO2)c1ccc(F)cc1. The molecular weight excluding hydrogens is 399 g/mol. The summed E-state index contributed by atoms with van der Waals surface area (Å²) >= 11 is 0. The van der Waals surface area contributed by atoms with E-state index in [-0.39, 0.29) is 11.4 Å². The molecule has 29 heavy (non-hydrogen) atoms. The lowest BCUT2D eigenvalue weighted by atomic mass is 10.2. The van der Waals surface area contributed by atoms with Crippen LogP contribution in [0.1, 0.15) is 13.3 Å². The molecule has 1 heterocycles. The number of carbonyl (C=O) groups is 1. The number of likely N-dealkylation sites (N-methyl/N-ethyl adjacent to an activating group) is 2. The normalized spacial score (nSPS) is 13.8. The highest BCUT2D eigenvalue weighted by Gasteiger charge is 2.27. The van der Waals surface area contributed by atoms with Crippen LogP contribution in [0.3, 0.4) is 0 Å². The molecule has 0 saturated heterocycles. The van der Waals surface area contributed by atoms with Gasteiger partial charge in [0.2, 0.25) is 15.9 Å². The lowest BCUT2D eigenvalue weighted by molar-refractivity contribution is -0.118. The number of nitrogens with zero attached hydrogens (tertiary/aromatic N) is 2. The molecule has 0 N–H and O–H groups in total. The van der Waals surface area contributed by atoms with Gasteiger partial charge in [-0.1, -0.05) is 0 Å². The largest absolute Gasteiger partial charge is 0.490 e. The Balaban J connectivity index is 1.78. The van der Waals surface area contributed by atoms with Gasteiger partial charge in [-0.15, -0.1) is 0 Å². The number of benzene rings is 2. The number of ether oxygens (including phenoxy) is 2. The third kappa shape index (κ3) is 4.68. The third-order valence-corrected chi connectivity index (χ3v) is 6.34. The Kier molecular flexibility index (Phi) is 6.39. The van der Waals surface area contributed by atoms with Crippen molar-refractivity contribution in [2.24, 2.45) is 0 Å². The molecule has 3 rings (SSSR count). The fourth-order valence-electron chi connectivity index (χ4n) is 2.97. The fraction of sp³-hybridized carbons (Fsp3) is 0.350. The van der Waals surface area contributed by atoms with Crippen LogP contribution in [-0.2, 0) is 14.8 Å². The van der Waals surface area contributed by atoms with E-state index in [4.69, 9.17) is 9.47 Å². The summed E-state index contributed by atoms with van der Waals surface area (Å²) in [4.78, 5) is 14.1. The molecule has 0 bridgehead atoms. The van der Waals surface area contributed by atoms with Crippen LogP contribution in [0.5, 0.6) is 11.5 Å². The molecule has 2 aromatic rings. The maximum absolute atomic E-state index is 13.1. The molecule has 0 saturated carbocycles. The molecule has 0 aliphatic carbocycles. The molecule has 0 radical (unpaired) electrons. The van der Waals surface area contributed by atoms with Crippen LogP contribution in [0, 0.1) is 5.82 Å². The predicted molar refractivity (Wildman–Crippen MR) is 106 cm³/mol. The summed E-state index contributed by atoms with van der Waals surface area (Å²) in [6, 6.07) is 9.87. The van der Waals surface area contributed by atoms with Crippen LogP contribution in [0.25, 0.3) is 0 Å². The Morgan fingerprint density at radius 1 is 1.07 bits per heavy atom. The third-order valence-electron chi connectivity index (χ3n) is 4.54. The number of anilines is 1. The van der Waals surface area contributed by atoms with E-state index >= 15 is 0 Å². The second-order valence-electron chi connectivity index (χ2n) is 6.53. The van der Waals surface area contributed by atoms with Crippen molar-refractivity contribution >= 4 is 21.6 Å². The molecule has 156 valence electrons. The number of hydrogen-bond donors (Lipinski definition) is 0. The van der Waals surface area contributed by atoms with E-state index in [0.717, 1.165) is 4.31 Å². The Hall–Kier alpha value is -2.65. The van der Waals surface area contributed by atoms with E-state index in [1.165, 1.54) is 48.3 Å². The first kappa shape index (κ1) is 21.1. The number of sulfonamides is 1. The number of amides is 1. The van der Waals surface area contributed by atoms with Gasteiger partial charge in [0.1, 0.15) is 5.82 Å². The van der Waals surface area contributed by atoms with Crippen LogP contribution < -0.4 is 14.4 Å². The zero-order chi connectivity index (χ0) is 21.0. The number of rotatable bonds is 6. The topological polar surface area (TPSA) is 76.2 Å². The van der Waals surface area contributed by atoms with E-state index in [9.17, 15) is 17.6 Å². The highest BCUT2D eigenvalue weighted by molar-refractivity contribution is 7.89. The molecule has 1 amide bonds. The van der Waals surface area contributed by atoms with Gasteiger partial charge in [0.15, 0.2) is 11.5 Å². The van der Waals surface area contributed by atoms with Gasteiger partial charge in [-0.05, 0) is 43.3 Å². The van der Waals surface area contributed by atoms with Gasteiger partial charge in [0.25, 0.3) is 0 Å².